The fourth-order valence-corrected chi connectivity index (χ4v) is 2.69. The minimum Gasteiger partial charge on any atom is -0.457 e. The molecule has 0 unspecified atom stereocenters. The predicted octanol–water partition coefficient (Wildman–Crippen LogP) is 3.80. The second-order valence-corrected chi connectivity index (χ2v) is 5.80. The van der Waals surface area contributed by atoms with E-state index in [1.807, 2.05) is 30.0 Å². The van der Waals surface area contributed by atoms with Crippen LogP contribution in [0.5, 0.6) is 0 Å². The highest BCUT2D eigenvalue weighted by atomic mass is 79.9. The van der Waals surface area contributed by atoms with E-state index in [2.05, 4.69) is 20.9 Å². The Morgan fingerprint density at radius 3 is 2.85 bits per heavy atom. The number of amides is 1. The van der Waals surface area contributed by atoms with Crippen LogP contribution in [0.3, 0.4) is 0 Å². The molecule has 1 fully saturated rings. The lowest BCUT2D eigenvalue weighted by Crippen LogP contribution is -2.35. The summed E-state index contributed by atoms with van der Waals surface area (Å²) in [6.45, 7) is 2.02. The van der Waals surface area contributed by atoms with Crippen LogP contribution in [0, 0.1) is 0 Å². The molecule has 0 bridgehead atoms. The van der Waals surface area contributed by atoms with Gasteiger partial charge in [-0.25, -0.2) is 0 Å². The van der Waals surface area contributed by atoms with E-state index in [1.165, 1.54) is 6.26 Å². The van der Waals surface area contributed by atoms with Crippen molar-refractivity contribution < 1.29 is 9.21 Å². The summed E-state index contributed by atoms with van der Waals surface area (Å²) >= 11 is 3.23. The highest BCUT2D eigenvalue weighted by molar-refractivity contribution is 9.10. The summed E-state index contributed by atoms with van der Waals surface area (Å²) in [6, 6.07) is 7.77. The van der Waals surface area contributed by atoms with Crippen molar-refractivity contribution in [2.75, 3.05) is 0 Å². The topological polar surface area (TPSA) is 46.3 Å². The van der Waals surface area contributed by atoms with Crippen molar-refractivity contribution in [2.45, 2.75) is 31.8 Å². The van der Waals surface area contributed by atoms with Gasteiger partial charge in [0.25, 0.3) is 5.91 Å². The Hall–Kier alpha value is -1.62. The van der Waals surface area contributed by atoms with Gasteiger partial charge in [-0.3, -0.25) is 9.78 Å². The van der Waals surface area contributed by atoms with Crippen LogP contribution in [0.2, 0.25) is 0 Å². The molecule has 4 nitrogen and oxygen atoms in total. The third-order valence-corrected chi connectivity index (χ3v) is 3.94. The maximum Gasteiger partial charge on any atom is 0.257 e. The number of pyridine rings is 1. The fourth-order valence-electron chi connectivity index (χ4n) is 2.35. The van der Waals surface area contributed by atoms with Crippen LogP contribution in [0.4, 0.5) is 0 Å². The number of hydrogen-bond acceptors (Lipinski definition) is 3. The number of furan rings is 1. The first-order valence-electron chi connectivity index (χ1n) is 6.64. The number of hydrogen-bond donors (Lipinski definition) is 0. The molecule has 20 heavy (non-hydrogen) atoms. The Morgan fingerprint density at radius 1 is 1.50 bits per heavy atom. The smallest absolute Gasteiger partial charge is 0.257 e. The molecule has 2 heterocycles. The molecule has 1 amide bonds. The molecule has 1 saturated carbocycles. The molecule has 0 aromatic carbocycles. The number of aromatic nitrogens is 1. The number of halogens is 1. The van der Waals surface area contributed by atoms with Crippen LogP contribution in [-0.2, 0) is 0 Å². The van der Waals surface area contributed by atoms with Crippen LogP contribution in [0.15, 0.2) is 45.8 Å². The molecule has 1 atom stereocenters. The Kier molecular flexibility index (Phi) is 3.61. The van der Waals surface area contributed by atoms with Gasteiger partial charge in [-0.15, -0.1) is 0 Å². The van der Waals surface area contributed by atoms with E-state index in [-0.39, 0.29) is 11.9 Å². The molecular formula is C15H15BrN2O2. The van der Waals surface area contributed by atoms with Crippen molar-refractivity contribution in [2.24, 2.45) is 0 Å². The van der Waals surface area contributed by atoms with Crippen molar-refractivity contribution in [3.8, 4) is 0 Å². The van der Waals surface area contributed by atoms with E-state index in [1.54, 1.807) is 12.3 Å². The van der Waals surface area contributed by atoms with Gasteiger partial charge in [0.2, 0.25) is 0 Å². The molecule has 3 rings (SSSR count). The molecule has 1 aliphatic rings. The normalized spacial score (nSPS) is 15.9. The van der Waals surface area contributed by atoms with Gasteiger partial charge < -0.3 is 9.32 Å². The van der Waals surface area contributed by atoms with Crippen LogP contribution in [0.25, 0.3) is 0 Å². The average Bonchev–Trinajstić information content (AvgIpc) is 3.20. The zero-order chi connectivity index (χ0) is 14.1. The second kappa shape index (κ2) is 5.40. The zero-order valence-electron chi connectivity index (χ0n) is 11.1. The molecule has 104 valence electrons. The first-order valence-corrected chi connectivity index (χ1v) is 7.43. The first-order chi connectivity index (χ1) is 9.66. The molecule has 0 radical (unpaired) electrons. The van der Waals surface area contributed by atoms with E-state index in [4.69, 9.17) is 4.42 Å². The Labute approximate surface area is 125 Å². The number of carbonyl (C=O) groups is 1. The van der Waals surface area contributed by atoms with Gasteiger partial charge >= 0.3 is 0 Å². The summed E-state index contributed by atoms with van der Waals surface area (Å²) < 4.78 is 5.75. The summed E-state index contributed by atoms with van der Waals surface area (Å²) in [4.78, 5) is 19.0. The van der Waals surface area contributed by atoms with Gasteiger partial charge in [0.15, 0.2) is 4.67 Å². The summed E-state index contributed by atoms with van der Waals surface area (Å²) in [7, 11) is 0. The minimum absolute atomic E-state index is 0.0000954. The van der Waals surface area contributed by atoms with Gasteiger partial charge in [0.05, 0.1) is 17.3 Å². The molecule has 0 N–H and O–H groups in total. The van der Waals surface area contributed by atoms with Gasteiger partial charge in [-0.1, -0.05) is 6.07 Å². The van der Waals surface area contributed by atoms with Crippen molar-refractivity contribution >= 4 is 21.8 Å². The van der Waals surface area contributed by atoms with Crippen molar-refractivity contribution in [3.05, 3.63) is 52.7 Å². The van der Waals surface area contributed by atoms with Crippen LogP contribution >= 0.6 is 15.9 Å². The molecule has 0 saturated heterocycles. The van der Waals surface area contributed by atoms with E-state index in [9.17, 15) is 4.79 Å². The average molecular weight is 335 g/mol. The predicted molar refractivity (Wildman–Crippen MR) is 78.3 cm³/mol. The largest absolute Gasteiger partial charge is 0.457 e. The molecular weight excluding hydrogens is 320 g/mol. The number of nitrogens with zero attached hydrogens (tertiary/aromatic N) is 2. The lowest BCUT2D eigenvalue weighted by atomic mass is 10.1. The summed E-state index contributed by atoms with van der Waals surface area (Å²) in [5, 5.41) is 0. The van der Waals surface area contributed by atoms with Crippen molar-refractivity contribution in [1.82, 2.24) is 9.88 Å². The quantitative estimate of drug-likeness (QED) is 0.854. The molecule has 0 aliphatic heterocycles. The second-order valence-electron chi connectivity index (χ2n) is 5.01. The van der Waals surface area contributed by atoms with Crippen molar-refractivity contribution in [3.63, 3.8) is 0 Å². The molecule has 0 spiro atoms. The minimum atomic E-state index is -0.0372. The standard InChI is InChI=1S/C15H15BrN2O2/c1-10(13-4-2-3-7-17-13)18(12-5-6-12)15(19)11-8-14(16)20-9-11/h2-4,7-10,12H,5-6H2,1H3/t10-/m1/s1. The van der Waals surface area contributed by atoms with E-state index < -0.39 is 0 Å². The third kappa shape index (κ3) is 2.63. The summed E-state index contributed by atoms with van der Waals surface area (Å²) in [6.07, 6.45) is 5.37. The Bertz CT molecular complexity index is 607. The van der Waals surface area contributed by atoms with Gasteiger partial charge in [-0.05, 0) is 47.8 Å². The van der Waals surface area contributed by atoms with Crippen LogP contribution in [-0.4, -0.2) is 21.8 Å². The summed E-state index contributed by atoms with van der Waals surface area (Å²) in [5.41, 5.74) is 1.49. The maximum absolute atomic E-state index is 12.7. The van der Waals surface area contributed by atoms with Crippen LogP contribution in [0.1, 0.15) is 41.9 Å². The lowest BCUT2D eigenvalue weighted by molar-refractivity contribution is 0.0669. The van der Waals surface area contributed by atoms with E-state index >= 15 is 0 Å². The highest BCUT2D eigenvalue weighted by Gasteiger charge is 2.37. The maximum atomic E-state index is 12.7. The fraction of sp³-hybridized carbons (Fsp3) is 0.333. The van der Waals surface area contributed by atoms with Gasteiger partial charge in [0, 0.05) is 18.3 Å². The third-order valence-electron chi connectivity index (χ3n) is 3.52. The Morgan fingerprint density at radius 2 is 2.30 bits per heavy atom. The zero-order valence-corrected chi connectivity index (χ0v) is 12.7. The molecule has 5 heteroatoms. The van der Waals surface area contributed by atoms with Crippen LogP contribution < -0.4 is 0 Å². The molecule has 2 aromatic heterocycles. The summed E-state index contributed by atoms with van der Waals surface area (Å²) in [5.74, 6) is 0.0000954. The first kappa shape index (κ1) is 13.4. The van der Waals surface area contributed by atoms with Gasteiger partial charge in [-0.2, -0.15) is 0 Å². The Balaban J connectivity index is 1.88. The monoisotopic (exact) mass is 334 g/mol. The lowest BCUT2D eigenvalue weighted by Gasteiger charge is -2.28. The highest BCUT2D eigenvalue weighted by Crippen LogP contribution is 2.35. The van der Waals surface area contributed by atoms with E-state index in [0.29, 0.717) is 16.3 Å². The number of carbonyl (C=O) groups excluding carboxylic acids is 1. The van der Waals surface area contributed by atoms with E-state index in [0.717, 1.165) is 18.5 Å². The van der Waals surface area contributed by atoms with Crippen molar-refractivity contribution in [1.29, 1.82) is 0 Å². The molecule has 1 aliphatic carbocycles. The SMILES string of the molecule is C[C@H](c1ccccn1)N(C(=O)c1coc(Br)c1)C1CC1. The molecule has 2 aromatic rings. The van der Waals surface area contributed by atoms with Gasteiger partial charge in [0.1, 0.15) is 6.26 Å². The number of rotatable bonds is 4.